The number of para-hydroxylation sites is 1. The van der Waals surface area contributed by atoms with Gasteiger partial charge in [-0.25, -0.2) is 4.99 Å². The minimum absolute atomic E-state index is 0.128. The number of nitrogens with zero attached hydrogens (tertiary/aromatic N) is 4. The zero-order valence-electron chi connectivity index (χ0n) is 17.3. The van der Waals surface area contributed by atoms with E-state index in [1.807, 2.05) is 6.07 Å². The standard InChI is InChI=1S/C22H16N4O6S/c1-25-19(21(29)32-24-25)16(27)11-33-22-23-15(20(28)26(22)14-5-3-2-4-6-14)9-13-7-8-17-18(10-13)31-12-30-17/h2-10H,11-12H2,1H3/b15-9+. The number of aryl methyl sites for hydroxylation is 1. The number of amidine groups is 1. The second kappa shape index (κ2) is 8.43. The Bertz CT molecular complexity index is 1300. The van der Waals surface area contributed by atoms with Gasteiger partial charge in [-0.15, -0.1) is 0 Å². The first-order valence-corrected chi connectivity index (χ1v) is 10.8. The van der Waals surface area contributed by atoms with Crippen molar-refractivity contribution in [3.8, 4) is 17.4 Å². The molecule has 0 saturated heterocycles. The van der Waals surface area contributed by atoms with E-state index in [0.29, 0.717) is 27.9 Å². The van der Waals surface area contributed by atoms with Crippen molar-refractivity contribution in [1.29, 1.82) is 0 Å². The van der Waals surface area contributed by atoms with Crippen LogP contribution in [0.2, 0.25) is 0 Å². The maximum Gasteiger partial charge on any atom is 0.300 e. The molecule has 3 aromatic rings. The second-order valence-corrected chi connectivity index (χ2v) is 8.00. The summed E-state index contributed by atoms with van der Waals surface area (Å²) in [4.78, 5) is 31.7. The monoisotopic (exact) mass is 464 g/mol. The van der Waals surface area contributed by atoms with Gasteiger partial charge in [0.25, 0.3) is 11.6 Å². The fourth-order valence-corrected chi connectivity index (χ4v) is 4.24. The van der Waals surface area contributed by atoms with E-state index in [0.717, 1.165) is 16.4 Å². The lowest BCUT2D eigenvalue weighted by molar-refractivity contribution is -0.741. The van der Waals surface area contributed by atoms with E-state index >= 15 is 0 Å². The molecule has 5 rings (SSSR count). The van der Waals surface area contributed by atoms with Gasteiger partial charge < -0.3 is 19.1 Å². The van der Waals surface area contributed by atoms with Gasteiger partial charge in [-0.2, -0.15) is 0 Å². The van der Waals surface area contributed by atoms with E-state index in [4.69, 9.17) is 9.47 Å². The summed E-state index contributed by atoms with van der Waals surface area (Å²) in [7, 11) is 1.45. The van der Waals surface area contributed by atoms with Crippen LogP contribution in [-0.4, -0.2) is 34.7 Å². The number of ketones is 1. The smallest absolute Gasteiger partial charge is 0.300 e. The minimum atomic E-state index is -0.809. The Morgan fingerprint density at radius 3 is 2.76 bits per heavy atom. The van der Waals surface area contributed by atoms with E-state index in [-0.39, 0.29) is 29.8 Å². The lowest BCUT2D eigenvalue weighted by atomic mass is 10.1. The molecule has 1 aromatic heterocycles. The zero-order valence-corrected chi connectivity index (χ0v) is 18.1. The van der Waals surface area contributed by atoms with E-state index in [2.05, 4.69) is 14.8 Å². The highest BCUT2D eigenvalue weighted by Gasteiger charge is 2.33. The van der Waals surface area contributed by atoms with E-state index in [1.165, 1.54) is 11.9 Å². The molecule has 0 atom stereocenters. The SMILES string of the molecule is C[n+]1noc([O-])c1C(=O)CSC1=N/C(=C/c2ccc3c(c2)OCO3)C(=O)N1c1ccccc1. The van der Waals surface area contributed by atoms with Crippen LogP contribution in [0.3, 0.4) is 0 Å². The molecule has 3 heterocycles. The summed E-state index contributed by atoms with van der Waals surface area (Å²) in [6, 6.07) is 14.3. The normalized spacial score (nSPS) is 15.9. The number of amides is 1. The largest absolute Gasteiger partial charge is 0.539 e. The fraction of sp³-hybridized carbons (Fsp3) is 0.136. The van der Waals surface area contributed by atoms with Crippen LogP contribution < -0.4 is 24.2 Å². The number of rotatable bonds is 5. The molecule has 0 spiro atoms. The Kier molecular flexibility index (Phi) is 5.31. The van der Waals surface area contributed by atoms with Gasteiger partial charge in [0.15, 0.2) is 29.7 Å². The minimum Gasteiger partial charge on any atom is -0.539 e. The quantitative estimate of drug-likeness (QED) is 0.318. The summed E-state index contributed by atoms with van der Waals surface area (Å²) < 4.78 is 16.3. The van der Waals surface area contributed by atoms with Crippen molar-refractivity contribution in [2.24, 2.45) is 12.0 Å². The molecule has 33 heavy (non-hydrogen) atoms. The Labute approximate surface area is 191 Å². The fourth-order valence-electron chi connectivity index (χ4n) is 3.37. The Balaban J connectivity index is 1.44. The third-order valence-electron chi connectivity index (χ3n) is 4.90. The summed E-state index contributed by atoms with van der Waals surface area (Å²) in [5, 5.41) is 15.5. The number of anilines is 1. The third-order valence-corrected chi connectivity index (χ3v) is 5.84. The molecule has 11 heteroatoms. The van der Waals surface area contributed by atoms with Crippen molar-refractivity contribution in [2.75, 3.05) is 17.4 Å². The van der Waals surface area contributed by atoms with Crippen molar-refractivity contribution >= 4 is 40.4 Å². The van der Waals surface area contributed by atoms with Crippen molar-refractivity contribution < 1.29 is 33.4 Å². The number of aliphatic imine (C=N–C) groups is 1. The molecule has 0 bridgehead atoms. The molecule has 2 aromatic carbocycles. The van der Waals surface area contributed by atoms with Crippen LogP contribution >= 0.6 is 11.8 Å². The highest BCUT2D eigenvalue weighted by molar-refractivity contribution is 8.14. The number of carbonyl (C=O) groups excluding carboxylic acids is 2. The molecule has 0 aliphatic carbocycles. The van der Waals surface area contributed by atoms with Gasteiger partial charge >= 0.3 is 0 Å². The van der Waals surface area contributed by atoms with Gasteiger partial charge in [-0.05, 0) is 35.9 Å². The topological polar surface area (TPSA) is 121 Å². The molecule has 0 unspecified atom stereocenters. The average molecular weight is 464 g/mol. The van der Waals surface area contributed by atoms with Crippen LogP contribution in [0.1, 0.15) is 16.1 Å². The van der Waals surface area contributed by atoms with Crippen molar-refractivity contribution in [2.45, 2.75) is 0 Å². The predicted octanol–water partition coefficient (Wildman–Crippen LogP) is 1.66. The van der Waals surface area contributed by atoms with Crippen molar-refractivity contribution in [1.82, 2.24) is 5.27 Å². The number of Topliss-reactive ketones (excluding diaryl/α,β-unsaturated/α-hetero) is 1. The van der Waals surface area contributed by atoms with E-state index in [9.17, 15) is 14.7 Å². The lowest BCUT2D eigenvalue weighted by Crippen LogP contribution is -2.38. The number of thioether (sulfide) groups is 1. The van der Waals surface area contributed by atoms with Crippen LogP contribution in [0.25, 0.3) is 6.08 Å². The van der Waals surface area contributed by atoms with Gasteiger partial charge in [0.1, 0.15) is 5.70 Å². The van der Waals surface area contributed by atoms with Crippen LogP contribution in [-0.2, 0) is 11.8 Å². The molecule has 2 aliphatic rings. The lowest BCUT2D eigenvalue weighted by Gasteiger charge is -2.17. The maximum atomic E-state index is 13.2. The van der Waals surface area contributed by atoms with Crippen LogP contribution in [0, 0.1) is 0 Å². The van der Waals surface area contributed by atoms with Crippen molar-refractivity contribution in [3.63, 3.8) is 0 Å². The summed E-state index contributed by atoms with van der Waals surface area (Å²) in [6.07, 6.45) is 1.64. The van der Waals surface area contributed by atoms with E-state index in [1.54, 1.807) is 48.5 Å². The maximum absolute atomic E-state index is 13.2. The van der Waals surface area contributed by atoms with Gasteiger partial charge in [0.2, 0.25) is 12.6 Å². The Hall–Kier alpha value is -4.12. The number of aromatic nitrogens is 2. The predicted molar refractivity (Wildman–Crippen MR) is 116 cm³/mol. The molecule has 10 nitrogen and oxygen atoms in total. The summed E-state index contributed by atoms with van der Waals surface area (Å²) in [5.41, 5.74) is 1.35. The van der Waals surface area contributed by atoms with Gasteiger partial charge in [-0.3, -0.25) is 14.5 Å². The molecule has 2 aliphatic heterocycles. The number of hydrogen-bond acceptors (Lipinski definition) is 9. The first-order valence-electron chi connectivity index (χ1n) is 9.80. The van der Waals surface area contributed by atoms with E-state index < -0.39 is 11.7 Å². The highest BCUT2D eigenvalue weighted by atomic mass is 32.2. The zero-order chi connectivity index (χ0) is 22.9. The van der Waals surface area contributed by atoms with Crippen LogP contribution in [0.15, 0.2) is 63.7 Å². The molecule has 0 radical (unpaired) electrons. The summed E-state index contributed by atoms with van der Waals surface area (Å²) in [5.74, 6) is -0.528. The number of ether oxygens (including phenoxy) is 2. The third kappa shape index (κ3) is 3.94. The molecule has 166 valence electrons. The van der Waals surface area contributed by atoms with Crippen LogP contribution in [0.4, 0.5) is 5.69 Å². The average Bonchev–Trinajstić information content (AvgIpc) is 3.50. The Morgan fingerprint density at radius 2 is 2.00 bits per heavy atom. The second-order valence-electron chi connectivity index (χ2n) is 7.06. The van der Waals surface area contributed by atoms with Gasteiger partial charge in [0, 0.05) is 0 Å². The first kappa shape index (κ1) is 20.8. The number of benzene rings is 2. The molecule has 0 fully saturated rings. The molecule has 0 N–H and O–H groups in total. The van der Waals surface area contributed by atoms with Crippen molar-refractivity contribution in [3.05, 3.63) is 65.5 Å². The highest BCUT2D eigenvalue weighted by Crippen LogP contribution is 2.34. The number of fused-ring (bicyclic) bond motifs is 1. The molecule has 1 amide bonds. The molecule has 0 saturated carbocycles. The summed E-state index contributed by atoms with van der Waals surface area (Å²) >= 11 is 1.05. The van der Waals surface area contributed by atoms with Gasteiger partial charge in [0.05, 0.1) is 16.7 Å². The molecular weight excluding hydrogens is 448 g/mol. The number of carbonyl (C=O) groups is 2. The van der Waals surface area contributed by atoms with Gasteiger partial charge in [-0.1, -0.05) is 40.7 Å². The Morgan fingerprint density at radius 1 is 1.21 bits per heavy atom. The van der Waals surface area contributed by atoms with Crippen LogP contribution in [0.5, 0.6) is 17.4 Å². The first-order chi connectivity index (χ1) is 16.0. The summed E-state index contributed by atoms with van der Waals surface area (Å²) in [6.45, 7) is 0.151. The number of hydrogen-bond donors (Lipinski definition) is 0. The molecular formula is C22H16N4O6S.